The topological polar surface area (TPSA) is 12.0 Å². The van der Waals surface area contributed by atoms with E-state index >= 15 is 0 Å². The molecule has 1 heterocycles. The average Bonchev–Trinajstić information content (AvgIpc) is 2.88. The molecular formula is C16H21NS2. The molecule has 1 nitrogen and oxygen atoms in total. The van der Waals surface area contributed by atoms with Gasteiger partial charge < -0.3 is 5.32 Å². The van der Waals surface area contributed by atoms with Gasteiger partial charge in [-0.05, 0) is 42.7 Å². The number of benzene rings is 1. The fourth-order valence-corrected chi connectivity index (χ4v) is 2.92. The number of hydrogen-bond acceptors (Lipinski definition) is 3. The summed E-state index contributed by atoms with van der Waals surface area (Å²) in [6.45, 7) is 6.54. The van der Waals surface area contributed by atoms with Crippen LogP contribution in [0.5, 0.6) is 0 Å². The maximum absolute atomic E-state index is 3.55. The van der Waals surface area contributed by atoms with E-state index in [1.807, 2.05) is 23.1 Å². The van der Waals surface area contributed by atoms with Crippen LogP contribution in [0.3, 0.4) is 0 Å². The molecule has 0 spiro atoms. The summed E-state index contributed by atoms with van der Waals surface area (Å²) in [6.07, 6.45) is 2.17. The Kier molecular flexibility index (Phi) is 5.08. The molecule has 0 unspecified atom stereocenters. The van der Waals surface area contributed by atoms with E-state index in [1.54, 1.807) is 0 Å². The van der Waals surface area contributed by atoms with Gasteiger partial charge in [0.1, 0.15) is 0 Å². The Morgan fingerprint density at radius 3 is 2.58 bits per heavy atom. The lowest BCUT2D eigenvalue weighted by atomic mass is 10.1. The minimum Gasteiger partial charge on any atom is -0.310 e. The highest BCUT2D eigenvalue weighted by atomic mass is 32.2. The minimum atomic E-state index is 0.305. The number of thiophene rings is 1. The first kappa shape index (κ1) is 14.6. The van der Waals surface area contributed by atoms with Gasteiger partial charge in [0.25, 0.3) is 0 Å². The molecule has 0 aliphatic rings. The molecule has 102 valence electrons. The molecule has 3 heteroatoms. The summed E-state index contributed by atoms with van der Waals surface area (Å²) in [7, 11) is 0. The molecule has 2 aromatic rings. The van der Waals surface area contributed by atoms with Crippen LogP contribution in [0.1, 0.15) is 18.7 Å². The van der Waals surface area contributed by atoms with Crippen molar-refractivity contribution in [2.45, 2.75) is 25.1 Å². The van der Waals surface area contributed by atoms with E-state index < -0.39 is 0 Å². The predicted octanol–water partition coefficient (Wildman–Crippen LogP) is 4.65. The maximum atomic E-state index is 3.55. The highest BCUT2D eigenvalue weighted by molar-refractivity contribution is 7.99. The molecule has 0 saturated heterocycles. The van der Waals surface area contributed by atoms with Crippen molar-refractivity contribution >= 4 is 23.1 Å². The largest absolute Gasteiger partial charge is 0.310 e. The Balaban J connectivity index is 1.92. The van der Waals surface area contributed by atoms with E-state index in [1.165, 1.54) is 16.0 Å². The lowest BCUT2D eigenvalue weighted by molar-refractivity contribution is 0.594. The van der Waals surface area contributed by atoms with Crippen LogP contribution in [-0.2, 0) is 6.54 Å². The first-order valence-electron chi connectivity index (χ1n) is 6.49. The van der Waals surface area contributed by atoms with E-state index in [4.69, 9.17) is 0 Å². The summed E-state index contributed by atoms with van der Waals surface area (Å²) in [5, 5.41) is 5.79. The Morgan fingerprint density at radius 2 is 1.89 bits per heavy atom. The average molecular weight is 291 g/mol. The third kappa shape index (κ3) is 4.37. The van der Waals surface area contributed by atoms with Crippen LogP contribution in [0.15, 0.2) is 41.8 Å². The van der Waals surface area contributed by atoms with Gasteiger partial charge in [-0.25, -0.2) is 0 Å². The summed E-state index contributed by atoms with van der Waals surface area (Å²) < 4.78 is 0.305. The molecule has 0 aliphatic carbocycles. The highest BCUT2D eigenvalue weighted by Gasteiger charge is 2.14. The molecule has 0 saturated carbocycles. The van der Waals surface area contributed by atoms with E-state index in [9.17, 15) is 0 Å². The van der Waals surface area contributed by atoms with E-state index in [-0.39, 0.29) is 0 Å². The minimum absolute atomic E-state index is 0.305. The van der Waals surface area contributed by atoms with Crippen molar-refractivity contribution in [3.05, 3.63) is 46.7 Å². The van der Waals surface area contributed by atoms with E-state index in [0.717, 1.165) is 13.1 Å². The van der Waals surface area contributed by atoms with Gasteiger partial charge in [0.05, 0.1) is 0 Å². The molecule has 19 heavy (non-hydrogen) atoms. The fraction of sp³-hybridized carbons (Fsp3) is 0.375. The van der Waals surface area contributed by atoms with Crippen LogP contribution < -0.4 is 5.32 Å². The summed E-state index contributed by atoms with van der Waals surface area (Å²) in [5.41, 5.74) is 2.63. The molecule has 0 fully saturated rings. The summed E-state index contributed by atoms with van der Waals surface area (Å²) in [4.78, 5) is 1.40. The number of nitrogens with one attached hydrogen (secondary N) is 1. The lowest BCUT2D eigenvalue weighted by Gasteiger charge is -2.22. The van der Waals surface area contributed by atoms with Crippen LogP contribution in [0.4, 0.5) is 0 Å². The van der Waals surface area contributed by atoms with Gasteiger partial charge in [-0.2, -0.15) is 11.8 Å². The van der Waals surface area contributed by atoms with E-state index in [2.05, 4.69) is 67.2 Å². The third-order valence-corrected chi connectivity index (χ3v) is 5.35. The molecule has 1 N–H and O–H groups in total. The Morgan fingerprint density at radius 1 is 1.16 bits per heavy atom. The fourth-order valence-electron chi connectivity index (χ4n) is 1.81. The zero-order valence-electron chi connectivity index (χ0n) is 11.8. The second-order valence-corrected chi connectivity index (χ2v) is 7.74. The molecule has 1 aromatic carbocycles. The van der Waals surface area contributed by atoms with Gasteiger partial charge in [0, 0.05) is 22.7 Å². The number of rotatable bonds is 6. The van der Waals surface area contributed by atoms with Crippen LogP contribution in [-0.4, -0.2) is 17.5 Å². The zero-order valence-corrected chi connectivity index (χ0v) is 13.4. The van der Waals surface area contributed by atoms with Gasteiger partial charge in [-0.3, -0.25) is 0 Å². The van der Waals surface area contributed by atoms with Crippen LogP contribution >= 0.6 is 23.1 Å². The molecule has 0 bridgehead atoms. The Labute approximate surface area is 124 Å². The molecule has 2 rings (SSSR count). The summed E-state index contributed by atoms with van der Waals surface area (Å²) >= 11 is 3.74. The van der Waals surface area contributed by atoms with Gasteiger partial charge in [-0.15, -0.1) is 11.3 Å². The second kappa shape index (κ2) is 6.60. The molecule has 1 aromatic heterocycles. The Hall–Kier alpha value is -0.770. The molecule has 0 radical (unpaired) electrons. The first-order chi connectivity index (χ1) is 9.11. The van der Waals surface area contributed by atoms with Crippen molar-refractivity contribution in [2.75, 3.05) is 12.8 Å². The second-order valence-electron chi connectivity index (χ2n) is 5.24. The highest BCUT2D eigenvalue weighted by Crippen LogP contribution is 2.25. The van der Waals surface area contributed by atoms with Crippen molar-refractivity contribution in [1.29, 1.82) is 0 Å². The normalized spacial score (nSPS) is 11.7. The molecule has 0 amide bonds. The van der Waals surface area contributed by atoms with Gasteiger partial charge >= 0.3 is 0 Å². The van der Waals surface area contributed by atoms with Crippen molar-refractivity contribution in [1.82, 2.24) is 5.32 Å². The first-order valence-corrected chi connectivity index (χ1v) is 8.60. The third-order valence-electron chi connectivity index (χ3n) is 3.16. The van der Waals surface area contributed by atoms with Gasteiger partial charge in [0.15, 0.2) is 0 Å². The summed E-state index contributed by atoms with van der Waals surface area (Å²) in [5.74, 6) is 0. The van der Waals surface area contributed by atoms with Crippen LogP contribution in [0, 0.1) is 0 Å². The SMILES string of the molecule is CSC(C)(C)CNCc1cc(-c2ccccc2)cs1. The van der Waals surface area contributed by atoms with Crippen molar-refractivity contribution < 1.29 is 0 Å². The molecular weight excluding hydrogens is 270 g/mol. The van der Waals surface area contributed by atoms with Crippen molar-refractivity contribution in [3.63, 3.8) is 0 Å². The maximum Gasteiger partial charge on any atom is 0.0300 e. The van der Waals surface area contributed by atoms with E-state index in [0.29, 0.717) is 4.75 Å². The number of hydrogen-bond donors (Lipinski definition) is 1. The van der Waals surface area contributed by atoms with Gasteiger partial charge in [0.2, 0.25) is 0 Å². The monoisotopic (exact) mass is 291 g/mol. The smallest absolute Gasteiger partial charge is 0.0300 e. The van der Waals surface area contributed by atoms with Gasteiger partial charge in [-0.1, -0.05) is 30.3 Å². The zero-order chi connectivity index (χ0) is 13.7. The number of thioether (sulfide) groups is 1. The quantitative estimate of drug-likeness (QED) is 0.831. The van der Waals surface area contributed by atoms with Crippen molar-refractivity contribution in [2.24, 2.45) is 0 Å². The molecule has 0 atom stereocenters. The summed E-state index contributed by atoms with van der Waals surface area (Å²) in [6, 6.07) is 12.9. The van der Waals surface area contributed by atoms with Crippen LogP contribution in [0.25, 0.3) is 11.1 Å². The lowest BCUT2D eigenvalue weighted by Crippen LogP contribution is -2.31. The van der Waals surface area contributed by atoms with Crippen molar-refractivity contribution in [3.8, 4) is 11.1 Å². The predicted molar refractivity (Wildman–Crippen MR) is 89.1 cm³/mol. The Bertz CT molecular complexity index is 502. The van der Waals surface area contributed by atoms with Crippen LogP contribution in [0.2, 0.25) is 0 Å². The standard InChI is InChI=1S/C16H21NS2/c1-16(2,18-3)12-17-10-15-9-14(11-19-15)13-7-5-4-6-8-13/h4-9,11,17H,10,12H2,1-3H3. The molecule has 0 aliphatic heterocycles.